The number of esters is 4. The third-order valence-corrected chi connectivity index (χ3v) is 17.9. The number of carbonyl (C=O) groups is 4. The Morgan fingerprint density at radius 2 is 0.509 bits per heavy atom. The molecule has 108 heavy (non-hydrogen) atoms. The van der Waals surface area contributed by atoms with Gasteiger partial charge >= 0.3 is 39.5 Å². The van der Waals surface area contributed by atoms with Crippen molar-refractivity contribution in [2.24, 2.45) is 0 Å². The minimum absolute atomic E-state index is 0.00555. The van der Waals surface area contributed by atoms with Crippen molar-refractivity contribution in [3.05, 3.63) is 194 Å². The predicted octanol–water partition coefficient (Wildman–Crippen LogP) is 24.1. The van der Waals surface area contributed by atoms with E-state index in [2.05, 4.69) is 180 Å². The van der Waals surface area contributed by atoms with E-state index in [0.29, 0.717) is 44.9 Å². The van der Waals surface area contributed by atoms with E-state index >= 15 is 0 Å². The molecule has 0 aliphatic rings. The summed E-state index contributed by atoms with van der Waals surface area (Å²) in [4.78, 5) is 73.0. The molecule has 3 N–H and O–H groups in total. The SMILES string of the molecule is CC/C=C\C/C=C\C/C=C\C/C=C\C/C=C\C/C=C\CCC(=O)O[C@H](COC(=O)CCC/C=C\C/C=C\C/C=C\C/C=C\CCCCC)COP(=O)(O)OC[C@@H](O)COP(=O)(O)OC[C@@H](COC(=O)CCCCCCC/C=C\C/C=C\CCCCC)OC(=O)CCC/C=C\C/C=C\C/C=C\C/C=C\CCCCC. The second-order valence-corrected chi connectivity index (χ2v) is 29.2. The Morgan fingerprint density at radius 3 is 0.833 bits per heavy atom. The first-order chi connectivity index (χ1) is 52.7. The average molecular weight is 1550 g/mol. The van der Waals surface area contributed by atoms with Crippen LogP contribution >= 0.6 is 15.6 Å². The average Bonchev–Trinajstić information content (AvgIpc) is 0.903. The van der Waals surface area contributed by atoms with E-state index in [1.165, 1.54) is 57.8 Å². The van der Waals surface area contributed by atoms with Gasteiger partial charge in [-0.05, 0) is 173 Å². The van der Waals surface area contributed by atoms with Gasteiger partial charge in [-0.25, -0.2) is 9.13 Å². The molecule has 0 radical (unpaired) electrons. The fraction of sp³-hybridized carbons (Fsp3) is 0.596. The number of hydrogen-bond acceptors (Lipinski definition) is 15. The standard InChI is InChI=1S/C89H142O17P2/c1-5-9-13-17-21-25-29-33-37-40-41-44-48-52-56-60-64-68-72-76-89(94)106-85(80-100-87(92)74-70-66-62-58-54-50-46-42-38-34-30-26-22-18-14-10-6-2)82-104-108(97,98)102-78-83(90)77-101-107(95,96)103-81-84(79-99-86(91)73-69-65-61-57-53-49-45-36-32-28-24-20-16-12-8-4)105-88(93)75-71-67-63-59-55-51-47-43-39-35-31-27-23-19-15-11-7-3/h9,13,21-28,33-39,41,44-47,50-52,56,58-59,62-64,68,83-85,90H,5-8,10-12,14-20,29-32,40,42-43,48-49,53-55,57,60-61,65-67,69-82H2,1-4H3,(H,95,96)(H,97,98)/b13-9-,25-21-,26-22-,27-23-,28-24-,37-33-,38-34-,39-35-,44-41-,45-36-,50-46-,51-47-,56-52-,62-58-,63-59-,68-64-/t83-,84+,85+/m0/s1. The molecular formula is C89H142O17P2. The molecule has 0 amide bonds. The molecule has 0 spiro atoms. The summed E-state index contributed by atoms with van der Waals surface area (Å²) in [5.41, 5.74) is 0. The van der Waals surface area contributed by atoms with Gasteiger partial charge in [0.2, 0.25) is 0 Å². The molecule has 0 fully saturated rings. The van der Waals surface area contributed by atoms with E-state index in [1.54, 1.807) is 0 Å². The lowest BCUT2D eigenvalue weighted by Crippen LogP contribution is -2.30. The summed E-state index contributed by atoms with van der Waals surface area (Å²) >= 11 is 0. The molecule has 19 heteroatoms. The number of phosphoric acid groups is 2. The highest BCUT2D eigenvalue weighted by Crippen LogP contribution is 2.45. The largest absolute Gasteiger partial charge is 0.472 e. The van der Waals surface area contributed by atoms with Crippen molar-refractivity contribution in [2.45, 2.75) is 303 Å². The predicted molar refractivity (Wildman–Crippen MR) is 445 cm³/mol. The number of unbranched alkanes of at least 4 members (excludes halogenated alkanes) is 16. The monoisotopic (exact) mass is 1540 g/mol. The number of aliphatic hydroxyl groups is 1. The van der Waals surface area contributed by atoms with E-state index in [1.807, 2.05) is 42.5 Å². The Kier molecular flexibility index (Phi) is 74.5. The van der Waals surface area contributed by atoms with Crippen molar-refractivity contribution in [3.63, 3.8) is 0 Å². The van der Waals surface area contributed by atoms with Gasteiger partial charge in [-0.3, -0.25) is 37.3 Å². The molecule has 2 unspecified atom stereocenters. The molecule has 0 bridgehead atoms. The first-order valence-electron chi connectivity index (χ1n) is 40.7. The molecule has 0 saturated heterocycles. The van der Waals surface area contributed by atoms with Gasteiger partial charge in [0.25, 0.3) is 0 Å². The number of rotatable bonds is 74. The van der Waals surface area contributed by atoms with Crippen LogP contribution in [-0.2, 0) is 65.4 Å². The van der Waals surface area contributed by atoms with Gasteiger partial charge in [-0.2, -0.15) is 0 Å². The second-order valence-electron chi connectivity index (χ2n) is 26.3. The summed E-state index contributed by atoms with van der Waals surface area (Å²) in [6.07, 6.45) is 97.2. The number of aliphatic hydroxyl groups excluding tert-OH is 1. The number of allylic oxidation sites excluding steroid dienone is 32. The molecule has 17 nitrogen and oxygen atoms in total. The van der Waals surface area contributed by atoms with Crippen LogP contribution in [0.1, 0.15) is 285 Å². The topological polar surface area (TPSA) is 237 Å². The third-order valence-electron chi connectivity index (χ3n) is 16.0. The van der Waals surface area contributed by atoms with Gasteiger partial charge in [-0.1, -0.05) is 280 Å². The summed E-state index contributed by atoms with van der Waals surface area (Å²) < 4.78 is 68.4. The van der Waals surface area contributed by atoms with Crippen LogP contribution in [-0.4, -0.2) is 96.7 Å². The van der Waals surface area contributed by atoms with Gasteiger partial charge in [0, 0.05) is 25.7 Å². The minimum atomic E-state index is -5.03. The van der Waals surface area contributed by atoms with E-state index in [9.17, 15) is 43.2 Å². The van der Waals surface area contributed by atoms with Crippen LogP contribution in [0.3, 0.4) is 0 Å². The van der Waals surface area contributed by atoms with E-state index in [0.717, 1.165) is 128 Å². The molecule has 0 aromatic rings. The molecule has 0 rings (SSSR count). The molecule has 0 heterocycles. The Labute approximate surface area is 653 Å². The Balaban J connectivity index is 5.58. The zero-order valence-corrected chi connectivity index (χ0v) is 68.5. The van der Waals surface area contributed by atoms with Gasteiger partial charge in [0.15, 0.2) is 12.2 Å². The molecule has 0 aliphatic carbocycles. The normalized spacial score (nSPS) is 14.8. The van der Waals surface area contributed by atoms with Crippen molar-refractivity contribution in [3.8, 4) is 0 Å². The van der Waals surface area contributed by atoms with Crippen LogP contribution in [0.5, 0.6) is 0 Å². The van der Waals surface area contributed by atoms with Gasteiger partial charge in [-0.15, -0.1) is 0 Å². The van der Waals surface area contributed by atoms with Gasteiger partial charge < -0.3 is 33.8 Å². The van der Waals surface area contributed by atoms with E-state index < -0.39 is 97.5 Å². The number of hydrogen-bond donors (Lipinski definition) is 3. The lowest BCUT2D eigenvalue weighted by atomic mass is 10.1. The summed E-state index contributed by atoms with van der Waals surface area (Å²) in [5.74, 6) is -2.44. The third kappa shape index (κ3) is 78.0. The van der Waals surface area contributed by atoms with Crippen molar-refractivity contribution in [1.29, 1.82) is 0 Å². The summed E-state index contributed by atoms with van der Waals surface area (Å²) in [6.45, 7) is 4.42. The molecule has 0 aromatic heterocycles. The quantitative estimate of drug-likeness (QED) is 0.0169. The lowest BCUT2D eigenvalue weighted by molar-refractivity contribution is -0.161. The Morgan fingerprint density at radius 1 is 0.269 bits per heavy atom. The van der Waals surface area contributed by atoms with Crippen LogP contribution in [0.25, 0.3) is 0 Å². The lowest BCUT2D eigenvalue weighted by Gasteiger charge is -2.21. The van der Waals surface area contributed by atoms with Gasteiger partial charge in [0.05, 0.1) is 26.4 Å². The maximum Gasteiger partial charge on any atom is 0.472 e. The molecule has 610 valence electrons. The zero-order chi connectivity index (χ0) is 78.9. The zero-order valence-electron chi connectivity index (χ0n) is 66.7. The fourth-order valence-corrected chi connectivity index (χ4v) is 11.4. The van der Waals surface area contributed by atoms with E-state index in [4.69, 9.17) is 37.0 Å². The van der Waals surface area contributed by atoms with Crippen LogP contribution < -0.4 is 0 Å². The molecular weight excluding hydrogens is 1400 g/mol. The van der Waals surface area contributed by atoms with Crippen molar-refractivity contribution in [2.75, 3.05) is 39.6 Å². The smallest absolute Gasteiger partial charge is 0.462 e. The van der Waals surface area contributed by atoms with Crippen molar-refractivity contribution < 1.29 is 80.2 Å². The number of carbonyl (C=O) groups excluding carboxylic acids is 4. The van der Waals surface area contributed by atoms with Crippen molar-refractivity contribution >= 4 is 39.5 Å². The summed E-state index contributed by atoms with van der Waals surface area (Å²) in [6, 6.07) is 0. The Bertz CT molecular complexity index is 2810. The molecule has 0 saturated carbocycles. The van der Waals surface area contributed by atoms with Crippen LogP contribution in [0.4, 0.5) is 0 Å². The minimum Gasteiger partial charge on any atom is -0.462 e. The fourth-order valence-electron chi connectivity index (χ4n) is 9.85. The first kappa shape index (κ1) is 102. The van der Waals surface area contributed by atoms with Gasteiger partial charge in [0.1, 0.15) is 19.3 Å². The maximum atomic E-state index is 13.1. The second kappa shape index (κ2) is 79.0. The summed E-state index contributed by atoms with van der Waals surface area (Å²) in [7, 11) is -10.0. The summed E-state index contributed by atoms with van der Waals surface area (Å²) in [5, 5.41) is 10.6. The van der Waals surface area contributed by atoms with Crippen LogP contribution in [0.2, 0.25) is 0 Å². The number of phosphoric ester groups is 2. The van der Waals surface area contributed by atoms with E-state index in [-0.39, 0.29) is 25.7 Å². The van der Waals surface area contributed by atoms with Crippen LogP contribution in [0.15, 0.2) is 194 Å². The maximum absolute atomic E-state index is 13.1. The molecule has 0 aliphatic heterocycles. The molecule has 5 atom stereocenters. The highest BCUT2D eigenvalue weighted by molar-refractivity contribution is 7.47. The number of ether oxygens (including phenoxy) is 4. The molecule has 0 aromatic carbocycles. The van der Waals surface area contributed by atoms with Crippen molar-refractivity contribution in [1.82, 2.24) is 0 Å². The Hall–Kier alpha value is -6.10. The highest BCUT2D eigenvalue weighted by Gasteiger charge is 2.30. The first-order valence-corrected chi connectivity index (χ1v) is 43.7. The van der Waals surface area contributed by atoms with Crippen LogP contribution in [0, 0.1) is 0 Å². The highest BCUT2D eigenvalue weighted by atomic mass is 31.2.